The Bertz CT molecular complexity index is 449. The van der Waals surface area contributed by atoms with Crippen LogP contribution in [0.1, 0.15) is 57.4 Å². The van der Waals surface area contributed by atoms with Gasteiger partial charge in [0.05, 0.1) is 5.60 Å². The maximum Gasteiger partial charge on any atom is 0.127 e. The SMILES string of the molecule is CCCC1CCCC(O)(Cc2ccc(Cl)cc2F)CC1. The molecule has 1 fully saturated rings. The van der Waals surface area contributed by atoms with Gasteiger partial charge in [-0.3, -0.25) is 0 Å². The first kappa shape index (κ1) is 15.8. The lowest BCUT2D eigenvalue weighted by molar-refractivity contribution is 0.0233. The minimum Gasteiger partial charge on any atom is -0.390 e. The lowest BCUT2D eigenvalue weighted by Gasteiger charge is -2.27. The van der Waals surface area contributed by atoms with Crippen molar-refractivity contribution in [3.05, 3.63) is 34.6 Å². The molecule has 112 valence electrons. The van der Waals surface area contributed by atoms with Crippen LogP contribution in [0.5, 0.6) is 0 Å². The fourth-order valence-electron chi connectivity index (χ4n) is 3.36. The Hall–Kier alpha value is -0.600. The maximum absolute atomic E-state index is 13.9. The summed E-state index contributed by atoms with van der Waals surface area (Å²) in [5, 5.41) is 11.2. The van der Waals surface area contributed by atoms with E-state index in [1.54, 1.807) is 12.1 Å². The molecule has 0 amide bonds. The largest absolute Gasteiger partial charge is 0.390 e. The topological polar surface area (TPSA) is 20.2 Å². The highest BCUT2D eigenvalue weighted by atomic mass is 35.5. The Morgan fingerprint density at radius 2 is 2.15 bits per heavy atom. The van der Waals surface area contributed by atoms with Crippen LogP contribution in [0.2, 0.25) is 5.02 Å². The van der Waals surface area contributed by atoms with E-state index in [1.807, 2.05) is 0 Å². The first-order chi connectivity index (χ1) is 9.52. The predicted molar refractivity (Wildman–Crippen MR) is 81.5 cm³/mol. The van der Waals surface area contributed by atoms with E-state index in [9.17, 15) is 9.50 Å². The standard InChI is InChI=1S/C17H24ClFO/c1-2-4-13-5-3-9-17(20,10-8-13)12-14-6-7-15(18)11-16(14)19/h6-7,11,13,20H,2-5,8-10,12H2,1H3. The molecule has 1 aliphatic rings. The quantitative estimate of drug-likeness (QED) is 0.764. The highest BCUT2D eigenvalue weighted by Crippen LogP contribution is 2.35. The molecule has 20 heavy (non-hydrogen) atoms. The van der Waals surface area contributed by atoms with Crippen LogP contribution in [-0.2, 0) is 6.42 Å². The number of benzene rings is 1. The maximum atomic E-state index is 13.9. The fourth-order valence-corrected chi connectivity index (χ4v) is 3.51. The molecule has 2 rings (SSSR count). The Morgan fingerprint density at radius 3 is 2.85 bits per heavy atom. The Labute approximate surface area is 126 Å². The molecule has 1 nitrogen and oxygen atoms in total. The highest BCUT2D eigenvalue weighted by molar-refractivity contribution is 6.30. The van der Waals surface area contributed by atoms with E-state index in [2.05, 4.69) is 6.92 Å². The summed E-state index contributed by atoms with van der Waals surface area (Å²) < 4.78 is 13.9. The van der Waals surface area contributed by atoms with Crippen molar-refractivity contribution in [2.75, 3.05) is 0 Å². The van der Waals surface area contributed by atoms with Gasteiger partial charge >= 0.3 is 0 Å². The monoisotopic (exact) mass is 298 g/mol. The minimum absolute atomic E-state index is 0.305. The molecule has 0 heterocycles. The van der Waals surface area contributed by atoms with Crippen LogP contribution < -0.4 is 0 Å². The van der Waals surface area contributed by atoms with Crippen LogP contribution >= 0.6 is 11.6 Å². The molecule has 2 atom stereocenters. The van der Waals surface area contributed by atoms with Gasteiger partial charge in [-0.2, -0.15) is 0 Å². The molecule has 2 unspecified atom stereocenters. The van der Waals surface area contributed by atoms with E-state index < -0.39 is 5.60 Å². The summed E-state index contributed by atoms with van der Waals surface area (Å²) in [6.45, 7) is 2.21. The average molecular weight is 299 g/mol. The number of halogens is 2. The summed E-state index contributed by atoms with van der Waals surface area (Å²) in [7, 11) is 0. The first-order valence-corrected chi connectivity index (χ1v) is 8.06. The molecule has 0 aliphatic heterocycles. The van der Waals surface area contributed by atoms with Crippen LogP contribution in [0.15, 0.2) is 18.2 Å². The fraction of sp³-hybridized carbons (Fsp3) is 0.647. The van der Waals surface area contributed by atoms with Crippen molar-refractivity contribution in [1.29, 1.82) is 0 Å². The molecule has 0 bridgehead atoms. The lowest BCUT2D eigenvalue weighted by Crippen LogP contribution is -2.31. The van der Waals surface area contributed by atoms with Crippen LogP contribution in [0.3, 0.4) is 0 Å². The van der Waals surface area contributed by atoms with Crippen molar-refractivity contribution in [2.45, 2.75) is 63.9 Å². The van der Waals surface area contributed by atoms with Crippen LogP contribution in [0.4, 0.5) is 4.39 Å². The van der Waals surface area contributed by atoms with Gasteiger partial charge in [-0.1, -0.05) is 50.3 Å². The molecule has 0 saturated heterocycles. The highest BCUT2D eigenvalue weighted by Gasteiger charge is 2.31. The lowest BCUT2D eigenvalue weighted by atomic mass is 9.86. The summed E-state index contributed by atoms with van der Waals surface area (Å²) in [6, 6.07) is 4.72. The van der Waals surface area contributed by atoms with Crippen molar-refractivity contribution in [1.82, 2.24) is 0 Å². The zero-order valence-corrected chi connectivity index (χ0v) is 12.9. The molecular formula is C17H24ClFO. The van der Waals surface area contributed by atoms with Crippen LogP contribution in [-0.4, -0.2) is 10.7 Å². The number of hydrogen-bond acceptors (Lipinski definition) is 1. The van der Waals surface area contributed by atoms with E-state index >= 15 is 0 Å². The summed E-state index contributed by atoms with van der Waals surface area (Å²) >= 11 is 5.77. The molecule has 1 aliphatic carbocycles. The molecule has 1 N–H and O–H groups in total. The average Bonchev–Trinajstić information content (AvgIpc) is 2.57. The molecule has 1 aromatic rings. The molecule has 1 aromatic carbocycles. The van der Waals surface area contributed by atoms with E-state index in [-0.39, 0.29) is 5.82 Å². The predicted octanol–water partition coefficient (Wildman–Crippen LogP) is 5.13. The molecule has 1 saturated carbocycles. The smallest absolute Gasteiger partial charge is 0.127 e. The summed E-state index contributed by atoms with van der Waals surface area (Å²) in [6.07, 6.45) is 7.68. The third-order valence-corrected chi connectivity index (χ3v) is 4.74. The minimum atomic E-state index is -0.753. The normalized spacial score (nSPS) is 27.3. The van der Waals surface area contributed by atoms with Crippen molar-refractivity contribution in [3.8, 4) is 0 Å². The second-order valence-electron chi connectivity index (χ2n) is 6.22. The van der Waals surface area contributed by atoms with Gasteiger partial charge in [-0.15, -0.1) is 0 Å². The summed E-state index contributed by atoms with van der Waals surface area (Å²) in [4.78, 5) is 0. The third kappa shape index (κ3) is 4.20. The van der Waals surface area contributed by atoms with Crippen molar-refractivity contribution >= 4 is 11.6 Å². The van der Waals surface area contributed by atoms with E-state index in [0.29, 0.717) is 17.0 Å². The first-order valence-electron chi connectivity index (χ1n) is 7.69. The van der Waals surface area contributed by atoms with E-state index in [4.69, 9.17) is 11.6 Å². The molecule has 0 radical (unpaired) electrons. The van der Waals surface area contributed by atoms with Gasteiger partial charge < -0.3 is 5.11 Å². The van der Waals surface area contributed by atoms with E-state index in [0.717, 1.165) is 31.6 Å². The summed E-state index contributed by atoms with van der Waals surface area (Å²) in [5.41, 5.74) is -0.178. The van der Waals surface area contributed by atoms with Crippen LogP contribution in [0.25, 0.3) is 0 Å². The molecule has 0 aromatic heterocycles. The van der Waals surface area contributed by atoms with Crippen molar-refractivity contribution in [3.63, 3.8) is 0 Å². The Kier molecular flexibility index (Phi) is 5.45. The molecule has 3 heteroatoms. The van der Waals surface area contributed by atoms with Gasteiger partial charge in [0.15, 0.2) is 0 Å². The van der Waals surface area contributed by atoms with Gasteiger partial charge in [0.25, 0.3) is 0 Å². The third-order valence-electron chi connectivity index (χ3n) is 4.50. The van der Waals surface area contributed by atoms with Crippen molar-refractivity contribution < 1.29 is 9.50 Å². The number of rotatable bonds is 4. The van der Waals surface area contributed by atoms with Crippen LogP contribution in [0, 0.1) is 11.7 Å². The van der Waals surface area contributed by atoms with E-state index in [1.165, 1.54) is 25.3 Å². The molecular weight excluding hydrogens is 275 g/mol. The van der Waals surface area contributed by atoms with Gasteiger partial charge in [-0.25, -0.2) is 4.39 Å². The van der Waals surface area contributed by atoms with Gasteiger partial charge in [0.2, 0.25) is 0 Å². The van der Waals surface area contributed by atoms with Gasteiger partial charge in [0.1, 0.15) is 5.82 Å². The second kappa shape index (κ2) is 6.91. The summed E-state index contributed by atoms with van der Waals surface area (Å²) in [5.74, 6) is 0.421. The molecule has 0 spiro atoms. The second-order valence-corrected chi connectivity index (χ2v) is 6.66. The van der Waals surface area contributed by atoms with Gasteiger partial charge in [-0.05, 0) is 42.9 Å². The number of aliphatic hydroxyl groups is 1. The Balaban J connectivity index is 2.03. The Morgan fingerprint density at radius 1 is 1.35 bits per heavy atom. The van der Waals surface area contributed by atoms with Crippen molar-refractivity contribution in [2.24, 2.45) is 5.92 Å². The zero-order chi connectivity index (χ0) is 14.6. The number of hydrogen-bond donors (Lipinski definition) is 1. The van der Waals surface area contributed by atoms with Gasteiger partial charge in [0, 0.05) is 11.4 Å². The zero-order valence-electron chi connectivity index (χ0n) is 12.2.